The standard InChI is InChI=1S/C26H23ClN4O2/c1-17(2)16-33-26-19(5-4-6-23(26)32-3)8-12-25-30-21-10-9-20(27)13-22(21)31(25)24-11-7-18(14-28)15-29-24/h4-13,15,17H,16H2,1-3H3/b12-8+. The zero-order valence-electron chi connectivity index (χ0n) is 18.6. The molecule has 2 aromatic carbocycles. The van der Waals surface area contributed by atoms with Crippen LogP contribution in [0.15, 0.2) is 54.7 Å². The molecule has 0 fully saturated rings. The molecule has 33 heavy (non-hydrogen) atoms. The predicted octanol–water partition coefficient (Wildman–Crippen LogP) is 6.16. The number of hydrogen-bond acceptors (Lipinski definition) is 5. The Morgan fingerprint density at radius 2 is 2.00 bits per heavy atom. The number of hydrogen-bond donors (Lipinski definition) is 0. The summed E-state index contributed by atoms with van der Waals surface area (Å²) in [5, 5.41) is 9.72. The Labute approximate surface area is 197 Å². The number of rotatable bonds is 7. The minimum absolute atomic E-state index is 0.378. The zero-order chi connectivity index (χ0) is 23.4. The number of fused-ring (bicyclic) bond motifs is 1. The SMILES string of the molecule is COc1cccc(/C=C/c2nc3ccc(Cl)cc3n2-c2ccc(C#N)cn2)c1OCC(C)C. The first-order valence-corrected chi connectivity index (χ1v) is 10.9. The van der Waals surface area contributed by atoms with Gasteiger partial charge in [-0.15, -0.1) is 0 Å². The average molecular weight is 459 g/mol. The topological polar surface area (TPSA) is 73.0 Å². The molecule has 166 valence electrons. The minimum Gasteiger partial charge on any atom is -0.493 e. The quantitative estimate of drug-likeness (QED) is 0.331. The van der Waals surface area contributed by atoms with Crippen LogP contribution in [0.3, 0.4) is 0 Å². The maximum atomic E-state index is 9.12. The minimum atomic E-state index is 0.378. The van der Waals surface area contributed by atoms with Gasteiger partial charge in [-0.25, -0.2) is 9.97 Å². The summed E-state index contributed by atoms with van der Waals surface area (Å²) in [7, 11) is 1.63. The maximum Gasteiger partial charge on any atom is 0.168 e. The highest BCUT2D eigenvalue weighted by Crippen LogP contribution is 2.33. The summed E-state index contributed by atoms with van der Waals surface area (Å²) >= 11 is 6.27. The molecule has 0 unspecified atom stereocenters. The Morgan fingerprint density at radius 3 is 2.70 bits per heavy atom. The van der Waals surface area contributed by atoms with Gasteiger partial charge in [0.15, 0.2) is 11.5 Å². The lowest BCUT2D eigenvalue weighted by Crippen LogP contribution is -2.06. The molecule has 0 bridgehead atoms. The molecule has 0 amide bonds. The normalized spacial score (nSPS) is 11.3. The second-order valence-electron chi connectivity index (χ2n) is 7.87. The highest BCUT2D eigenvalue weighted by Gasteiger charge is 2.14. The summed E-state index contributed by atoms with van der Waals surface area (Å²) in [6.45, 7) is 4.78. The molecule has 4 aromatic rings. The van der Waals surface area contributed by atoms with Crippen molar-refractivity contribution in [2.24, 2.45) is 5.92 Å². The van der Waals surface area contributed by atoms with Crippen LogP contribution < -0.4 is 9.47 Å². The first kappa shape index (κ1) is 22.4. The van der Waals surface area contributed by atoms with E-state index in [9.17, 15) is 0 Å². The molecule has 6 nitrogen and oxygen atoms in total. The number of methoxy groups -OCH3 is 1. The molecule has 0 aliphatic rings. The molecular formula is C26H23ClN4O2. The van der Waals surface area contributed by atoms with E-state index >= 15 is 0 Å². The summed E-state index contributed by atoms with van der Waals surface area (Å²) in [6.07, 6.45) is 5.39. The fourth-order valence-electron chi connectivity index (χ4n) is 3.40. The number of nitrogens with zero attached hydrogens (tertiary/aromatic N) is 4. The van der Waals surface area contributed by atoms with Crippen LogP contribution in [0.2, 0.25) is 5.02 Å². The van der Waals surface area contributed by atoms with Crippen molar-refractivity contribution in [2.75, 3.05) is 13.7 Å². The lowest BCUT2D eigenvalue weighted by molar-refractivity contribution is 0.256. The number of nitriles is 1. The van der Waals surface area contributed by atoms with E-state index in [1.54, 1.807) is 31.5 Å². The van der Waals surface area contributed by atoms with Gasteiger partial charge in [0.2, 0.25) is 0 Å². The van der Waals surface area contributed by atoms with E-state index < -0.39 is 0 Å². The van der Waals surface area contributed by atoms with Crippen molar-refractivity contribution in [3.8, 4) is 23.4 Å². The summed E-state index contributed by atoms with van der Waals surface area (Å²) in [6, 6.07) is 16.9. The Hall–Kier alpha value is -3.82. The van der Waals surface area contributed by atoms with Crippen LogP contribution in [0.25, 0.3) is 29.0 Å². The van der Waals surface area contributed by atoms with Gasteiger partial charge in [-0.3, -0.25) is 4.57 Å². The van der Waals surface area contributed by atoms with Gasteiger partial charge in [0.1, 0.15) is 17.7 Å². The van der Waals surface area contributed by atoms with Gasteiger partial charge in [-0.2, -0.15) is 5.26 Å². The van der Waals surface area contributed by atoms with Crippen LogP contribution >= 0.6 is 11.6 Å². The number of aromatic nitrogens is 3. The van der Waals surface area contributed by atoms with Gasteiger partial charge in [-0.05, 0) is 54.5 Å². The summed E-state index contributed by atoms with van der Waals surface area (Å²) in [5.74, 6) is 3.05. The van der Waals surface area contributed by atoms with Crippen molar-refractivity contribution in [1.29, 1.82) is 5.26 Å². The fraction of sp³-hybridized carbons (Fsp3) is 0.192. The third-order valence-corrected chi connectivity index (χ3v) is 5.19. The van der Waals surface area contributed by atoms with Crippen molar-refractivity contribution in [3.63, 3.8) is 0 Å². The molecule has 0 aliphatic heterocycles. The van der Waals surface area contributed by atoms with E-state index in [4.69, 9.17) is 31.3 Å². The molecule has 0 saturated carbocycles. The van der Waals surface area contributed by atoms with E-state index in [0.29, 0.717) is 46.3 Å². The molecule has 0 N–H and O–H groups in total. The van der Waals surface area contributed by atoms with Crippen LogP contribution in [-0.4, -0.2) is 28.3 Å². The highest BCUT2D eigenvalue weighted by molar-refractivity contribution is 6.31. The lowest BCUT2D eigenvalue weighted by Gasteiger charge is -2.14. The fourth-order valence-corrected chi connectivity index (χ4v) is 3.56. The van der Waals surface area contributed by atoms with Crippen LogP contribution in [0.5, 0.6) is 11.5 Å². The largest absolute Gasteiger partial charge is 0.493 e. The lowest BCUT2D eigenvalue weighted by atomic mass is 10.1. The molecule has 2 aromatic heterocycles. The summed E-state index contributed by atoms with van der Waals surface area (Å²) in [4.78, 5) is 9.23. The molecule has 0 radical (unpaired) electrons. The summed E-state index contributed by atoms with van der Waals surface area (Å²) < 4.78 is 13.5. The molecule has 0 atom stereocenters. The van der Waals surface area contributed by atoms with Crippen molar-refractivity contribution < 1.29 is 9.47 Å². The van der Waals surface area contributed by atoms with E-state index in [0.717, 1.165) is 16.6 Å². The van der Waals surface area contributed by atoms with Crippen molar-refractivity contribution in [2.45, 2.75) is 13.8 Å². The predicted molar refractivity (Wildman–Crippen MR) is 131 cm³/mol. The zero-order valence-corrected chi connectivity index (χ0v) is 19.4. The first-order chi connectivity index (χ1) is 16.0. The van der Waals surface area contributed by atoms with E-state index in [1.165, 1.54) is 0 Å². The number of para-hydroxylation sites is 1. The second-order valence-corrected chi connectivity index (χ2v) is 8.31. The number of imidazole rings is 1. The molecule has 0 aliphatic carbocycles. The third-order valence-electron chi connectivity index (χ3n) is 4.95. The Morgan fingerprint density at radius 1 is 1.15 bits per heavy atom. The Kier molecular flexibility index (Phi) is 6.62. The monoisotopic (exact) mass is 458 g/mol. The van der Waals surface area contributed by atoms with Gasteiger partial charge in [0.05, 0.1) is 30.3 Å². The average Bonchev–Trinajstić information content (AvgIpc) is 3.18. The maximum absolute atomic E-state index is 9.12. The van der Waals surface area contributed by atoms with Crippen LogP contribution in [0.1, 0.15) is 30.8 Å². The smallest absolute Gasteiger partial charge is 0.168 e. The van der Waals surface area contributed by atoms with Crippen LogP contribution in [0, 0.1) is 17.2 Å². The van der Waals surface area contributed by atoms with Crippen molar-refractivity contribution in [1.82, 2.24) is 14.5 Å². The highest BCUT2D eigenvalue weighted by atomic mass is 35.5. The van der Waals surface area contributed by atoms with Gasteiger partial charge in [0.25, 0.3) is 0 Å². The van der Waals surface area contributed by atoms with Gasteiger partial charge < -0.3 is 9.47 Å². The van der Waals surface area contributed by atoms with Crippen LogP contribution in [0.4, 0.5) is 0 Å². The van der Waals surface area contributed by atoms with Crippen molar-refractivity contribution >= 4 is 34.8 Å². The summed E-state index contributed by atoms with van der Waals surface area (Å²) in [5.41, 5.74) is 2.97. The number of halogens is 1. The Balaban J connectivity index is 1.82. The molecule has 7 heteroatoms. The number of ether oxygens (including phenoxy) is 2. The molecular weight excluding hydrogens is 436 g/mol. The van der Waals surface area contributed by atoms with Gasteiger partial charge in [-0.1, -0.05) is 37.6 Å². The number of benzene rings is 2. The number of pyridine rings is 1. The van der Waals surface area contributed by atoms with Crippen LogP contribution in [-0.2, 0) is 0 Å². The first-order valence-electron chi connectivity index (χ1n) is 10.5. The van der Waals surface area contributed by atoms with E-state index in [1.807, 2.05) is 47.1 Å². The second kappa shape index (κ2) is 9.76. The van der Waals surface area contributed by atoms with E-state index in [-0.39, 0.29) is 0 Å². The van der Waals surface area contributed by atoms with Gasteiger partial charge >= 0.3 is 0 Å². The molecule has 4 rings (SSSR count). The molecule has 2 heterocycles. The van der Waals surface area contributed by atoms with E-state index in [2.05, 4.69) is 24.9 Å². The Bertz CT molecular complexity index is 1350. The van der Waals surface area contributed by atoms with Gasteiger partial charge in [0, 0.05) is 16.8 Å². The third kappa shape index (κ3) is 4.84. The molecule has 0 spiro atoms. The van der Waals surface area contributed by atoms with Crippen molar-refractivity contribution in [3.05, 3.63) is 76.7 Å². The molecule has 0 saturated heterocycles.